The molecular formula is C9H18N2O2S. The molecule has 5 heteroatoms. The van der Waals surface area contributed by atoms with Gasteiger partial charge in [-0.15, -0.1) is 0 Å². The van der Waals surface area contributed by atoms with Crippen LogP contribution in [0, 0.1) is 17.2 Å². The summed E-state index contributed by atoms with van der Waals surface area (Å²) in [5.74, 6) is 0.423. The first-order chi connectivity index (χ1) is 6.18. The van der Waals surface area contributed by atoms with Crippen molar-refractivity contribution in [2.45, 2.75) is 39.7 Å². The Morgan fingerprint density at radius 3 is 2.29 bits per heavy atom. The second kappa shape index (κ2) is 4.76. The van der Waals surface area contributed by atoms with Gasteiger partial charge in [0.05, 0.1) is 11.8 Å². The number of hydrogen-bond acceptors (Lipinski definition) is 3. The zero-order valence-corrected chi connectivity index (χ0v) is 9.98. The van der Waals surface area contributed by atoms with E-state index in [-0.39, 0.29) is 5.75 Å². The van der Waals surface area contributed by atoms with Crippen molar-refractivity contribution in [2.75, 3.05) is 5.75 Å². The minimum absolute atomic E-state index is 0.0791. The van der Waals surface area contributed by atoms with Crippen LogP contribution in [-0.2, 0) is 10.0 Å². The van der Waals surface area contributed by atoms with Crippen molar-refractivity contribution in [1.82, 2.24) is 4.72 Å². The molecule has 0 aliphatic heterocycles. The Morgan fingerprint density at radius 2 is 1.93 bits per heavy atom. The SMILES string of the molecule is CC(C)CCS(=O)(=O)NC(C)(C)C#N. The summed E-state index contributed by atoms with van der Waals surface area (Å²) in [5.41, 5.74) is -1.02. The Balaban J connectivity index is 4.31. The van der Waals surface area contributed by atoms with Gasteiger partial charge in [0.15, 0.2) is 0 Å². The van der Waals surface area contributed by atoms with Gasteiger partial charge in [-0.25, -0.2) is 8.42 Å². The lowest BCUT2D eigenvalue weighted by Gasteiger charge is -2.17. The standard InChI is InChI=1S/C9H18N2O2S/c1-8(2)5-6-14(12,13)11-9(3,4)7-10/h8,11H,5-6H2,1-4H3. The molecule has 0 atom stereocenters. The van der Waals surface area contributed by atoms with Gasteiger partial charge in [0.2, 0.25) is 10.0 Å². The van der Waals surface area contributed by atoms with E-state index in [0.717, 1.165) is 0 Å². The van der Waals surface area contributed by atoms with Gasteiger partial charge >= 0.3 is 0 Å². The zero-order valence-electron chi connectivity index (χ0n) is 9.16. The van der Waals surface area contributed by atoms with E-state index < -0.39 is 15.6 Å². The summed E-state index contributed by atoms with van der Waals surface area (Å²) in [6, 6.07) is 1.89. The molecule has 0 amide bonds. The summed E-state index contributed by atoms with van der Waals surface area (Å²) in [5, 5.41) is 8.66. The summed E-state index contributed by atoms with van der Waals surface area (Å²) < 4.78 is 25.2. The highest BCUT2D eigenvalue weighted by molar-refractivity contribution is 7.89. The summed E-state index contributed by atoms with van der Waals surface area (Å²) in [7, 11) is -3.32. The van der Waals surface area contributed by atoms with E-state index in [1.165, 1.54) is 0 Å². The Bertz CT molecular complexity index is 312. The molecule has 1 N–H and O–H groups in total. The molecular weight excluding hydrogens is 200 g/mol. The predicted molar refractivity (Wildman–Crippen MR) is 56.1 cm³/mol. The maximum absolute atomic E-state index is 11.4. The summed E-state index contributed by atoms with van der Waals surface area (Å²) >= 11 is 0. The largest absolute Gasteiger partial charge is 0.212 e. The second-order valence-electron chi connectivity index (χ2n) is 4.34. The average molecular weight is 218 g/mol. The van der Waals surface area contributed by atoms with E-state index in [1.54, 1.807) is 13.8 Å². The number of rotatable bonds is 5. The first-order valence-corrected chi connectivity index (χ1v) is 6.26. The van der Waals surface area contributed by atoms with Crippen LogP contribution in [0.4, 0.5) is 0 Å². The first-order valence-electron chi connectivity index (χ1n) is 4.61. The quantitative estimate of drug-likeness (QED) is 0.755. The van der Waals surface area contributed by atoms with Crippen molar-refractivity contribution in [3.8, 4) is 6.07 Å². The highest BCUT2D eigenvalue weighted by Gasteiger charge is 2.23. The number of nitriles is 1. The van der Waals surface area contributed by atoms with Crippen LogP contribution in [0.2, 0.25) is 0 Å². The van der Waals surface area contributed by atoms with Crippen LogP contribution in [0.25, 0.3) is 0 Å². The highest BCUT2D eigenvalue weighted by Crippen LogP contribution is 2.06. The molecule has 0 bridgehead atoms. The number of hydrogen-bond donors (Lipinski definition) is 1. The first kappa shape index (κ1) is 13.4. The second-order valence-corrected chi connectivity index (χ2v) is 6.18. The van der Waals surface area contributed by atoms with Gasteiger partial charge in [-0.3, -0.25) is 0 Å². The fraction of sp³-hybridized carbons (Fsp3) is 0.889. The maximum Gasteiger partial charge on any atom is 0.212 e. The molecule has 82 valence electrons. The van der Waals surface area contributed by atoms with Crippen LogP contribution in [0.5, 0.6) is 0 Å². The molecule has 0 fully saturated rings. The van der Waals surface area contributed by atoms with Crippen molar-refractivity contribution in [2.24, 2.45) is 5.92 Å². The minimum atomic E-state index is -3.32. The van der Waals surface area contributed by atoms with Crippen molar-refractivity contribution >= 4 is 10.0 Å². The van der Waals surface area contributed by atoms with Crippen molar-refractivity contribution in [1.29, 1.82) is 5.26 Å². The molecule has 0 aromatic carbocycles. The van der Waals surface area contributed by atoms with Crippen LogP contribution in [0.3, 0.4) is 0 Å². The van der Waals surface area contributed by atoms with Gasteiger partial charge in [-0.05, 0) is 26.2 Å². The van der Waals surface area contributed by atoms with Crippen molar-refractivity contribution in [3.05, 3.63) is 0 Å². The van der Waals surface area contributed by atoms with E-state index in [9.17, 15) is 8.42 Å². The topological polar surface area (TPSA) is 70.0 Å². The Kier molecular flexibility index (Phi) is 4.56. The van der Waals surface area contributed by atoms with E-state index in [2.05, 4.69) is 4.72 Å². The summed E-state index contributed by atoms with van der Waals surface area (Å²) in [6.45, 7) is 7.01. The van der Waals surface area contributed by atoms with E-state index in [4.69, 9.17) is 5.26 Å². The highest BCUT2D eigenvalue weighted by atomic mass is 32.2. The molecule has 0 aliphatic carbocycles. The van der Waals surface area contributed by atoms with Gasteiger partial charge < -0.3 is 0 Å². The smallest absolute Gasteiger partial charge is 0.212 e. The van der Waals surface area contributed by atoms with E-state index >= 15 is 0 Å². The number of nitrogens with zero attached hydrogens (tertiary/aromatic N) is 1. The fourth-order valence-electron chi connectivity index (χ4n) is 0.853. The third-order valence-corrected chi connectivity index (χ3v) is 3.25. The fourth-order valence-corrected chi connectivity index (χ4v) is 2.56. The van der Waals surface area contributed by atoms with Crippen LogP contribution in [0.1, 0.15) is 34.1 Å². The van der Waals surface area contributed by atoms with Crippen LogP contribution < -0.4 is 4.72 Å². The van der Waals surface area contributed by atoms with Crippen LogP contribution in [0.15, 0.2) is 0 Å². The minimum Gasteiger partial charge on any atom is -0.212 e. The lowest BCUT2D eigenvalue weighted by molar-refractivity contribution is 0.525. The molecule has 0 saturated carbocycles. The molecule has 14 heavy (non-hydrogen) atoms. The Labute approximate surface area is 86.4 Å². The predicted octanol–water partition coefficient (Wildman–Crippen LogP) is 1.25. The zero-order chi connectivity index (χ0) is 11.4. The number of nitrogens with one attached hydrogen (secondary N) is 1. The van der Waals surface area contributed by atoms with Crippen LogP contribution in [-0.4, -0.2) is 19.7 Å². The molecule has 0 aliphatic rings. The molecule has 0 aromatic heterocycles. The molecule has 0 spiro atoms. The van der Waals surface area contributed by atoms with Gasteiger partial charge in [0, 0.05) is 0 Å². The van der Waals surface area contributed by atoms with E-state index in [0.29, 0.717) is 12.3 Å². The maximum atomic E-state index is 11.4. The van der Waals surface area contributed by atoms with Crippen molar-refractivity contribution < 1.29 is 8.42 Å². The van der Waals surface area contributed by atoms with Crippen molar-refractivity contribution in [3.63, 3.8) is 0 Å². The molecule has 0 rings (SSSR count). The van der Waals surface area contributed by atoms with Gasteiger partial charge in [-0.2, -0.15) is 9.98 Å². The monoisotopic (exact) mass is 218 g/mol. The molecule has 0 saturated heterocycles. The molecule has 0 aromatic rings. The Hall–Kier alpha value is -0.600. The normalized spacial score (nSPS) is 12.9. The third kappa shape index (κ3) is 5.95. The third-order valence-electron chi connectivity index (χ3n) is 1.65. The molecule has 0 radical (unpaired) electrons. The lowest BCUT2D eigenvalue weighted by atomic mass is 10.1. The summed E-state index contributed by atoms with van der Waals surface area (Å²) in [6.07, 6.45) is 0.608. The Morgan fingerprint density at radius 1 is 1.43 bits per heavy atom. The molecule has 0 unspecified atom stereocenters. The molecule has 0 heterocycles. The van der Waals surface area contributed by atoms with Gasteiger partial charge in [-0.1, -0.05) is 13.8 Å². The average Bonchev–Trinajstić information content (AvgIpc) is 1.99. The van der Waals surface area contributed by atoms with Crippen LogP contribution >= 0.6 is 0 Å². The number of sulfonamides is 1. The van der Waals surface area contributed by atoms with Gasteiger partial charge in [0.25, 0.3) is 0 Å². The molecule has 4 nitrogen and oxygen atoms in total. The van der Waals surface area contributed by atoms with E-state index in [1.807, 2.05) is 19.9 Å². The van der Waals surface area contributed by atoms with Gasteiger partial charge in [0.1, 0.15) is 5.54 Å². The summed E-state index contributed by atoms with van der Waals surface area (Å²) in [4.78, 5) is 0. The lowest BCUT2D eigenvalue weighted by Crippen LogP contribution is -2.43.